The highest BCUT2D eigenvalue weighted by molar-refractivity contribution is 6.32. The SMILES string of the molecule is CC[Si]NC(CCO)C(=O)O. The lowest BCUT2D eigenvalue weighted by molar-refractivity contribution is -0.139. The standard InChI is InChI=1S/C6H13NO3Si/c1-2-11-7-5(3-4-8)6(9)10/h5,7-8H,2-4H2,1H3,(H,9,10). The third-order valence-corrected chi connectivity index (χ3v) is 2.08. The van der Waals surface area contributed by atoms with Gasteiger partial charge in [-0.05, 0) is 12.5 Å². The zero-order valence-electron chi connectivity index (χ0n) is 6.50. The molecule has 1 unspecified atom stereocenters. The Morgan fingerprint density at radius 2 is 2.36 bits per heavy atom. The van der Waals surface area contributed by atoms with Gasteiger partial charge in [-0.1, -0.05) is 6.92 Å². The Morgan fingerprint density at radius 1 is 1.73 bits per heavy atom. The molecule has 64 valence electrons. The van der Waals surface area contributed by atoms with Crippen molar-refractivity contribution in [3.05, 3.63) is 0 Å². The first kappa shape index (κ1) is 10.6. The van der Waals surface area contributed by atoms with Gasteiger partial charge in [0.05, 0.1) is 0 Å². The van der Waals surface area contributed by atoms with E-state index in [1.165, 1.54) is 0 Å². The molecule has 5 heteroatoms. The molecule has 0 bridgehead atoms. The first-order chi connectivity index (χ1) is 5.22. The van der Waals surface area contributed by atoms with E-state index >= 15 is 0 Å². The summed E-state index contributed by atoms with van der Waals surface area (Å²) in [5.41, 5.74) is 0. The van der Waals surface area contributed by atoms with Crippen LogP contribution in [0, 0.1) is 0 Å². The summed E-state index contributed by atoms with van der Waals surface area (Å²) in [6.07, 6.45) is 0.280. The molecule has 0 fully saturated rings. The van der Waals surface area contributed by atoms with Crippen molar-refractivity contribution < 1.29 is 15.0 Å². The second-order valence-electron chi connectivity index (χ2n) is 2.08. The third-order valence-electron chi connectivity index (χ3n) is 1.17. The van der Waals surface area contributed by atoms with Crippen molar-refractivity contribution in [3.8, 4) is 0 Å². The van der Waals surface area contributed by atoms with Crippen molar-refractivity contribution in [2.45, 2.75) is 25.4 Å². The molecule has 0 aromatic carbocycles. The van der Waals surface area contributed by atoms with Crippen LogP contribution in [0.1, 0.15) is 13.3 Å². The maximum absolute atomic E-state index is 10.4. The first-order valence-corrected chi connectivity index (χ1v) is 4.75. The number of carboxylic acid groups (broad SMARTS) is 1. The van der Waals surface area contributed by atoms with Crippen LogP contribution in [0.25, 0.3) is 0 Å². The van der Waals surface area contributed by atoms with E-state index in [1.54, 1.807) is 0 Å². The van der Waals surface area contributed by atoms with Crippen LogP contribution in [0.4, 0.5) is 0 Å². The van der Waals surface area contributed by atoms with Crippen LogP contribution in [0.5, 0.6) is 0 Å². The lowest BCUT2D eigenvalue weighted by atomic mass is 10.2. The number of aliphatic hydroxyl groups is 1. The molecule has 0 spiro atoms. The molecule has 0 amide bonds. The summed E-state index contributed by atoms with van der Waals surface area (Å²) in [5.74, 6) is -0.889. The summed E-state index contributed by atoms with van der Waals surface area (Å²) in [4.78, 5) is 13.3. The molecular formula is C6H13NO3Si. The van der Waals surface area contributed by atoms with Crippen molar-refractivity contribution in [3.63, 3.8) is 0 Å². The summed E-state index contributed by atoms with van der Waals surface area (Å²) >= 11 is 0. The molecule has 0 saturated heterocycles. The Balaban J connectivity index is 3.60. The average molecular weight is 175 g/mol. The molecule has 0 rings (SSSR count). The fraction of sp³-hybridized carbons (Fsp3) is 0.833. The van der Waals surface area contributed by atoms with E-state index in [-0.39, 0.29) is 13.0 Å². The summed E-state index contributed by atoms with van der Waals surface area (Å²) < 4.78 is 0. The maximum atomic E-state index is 10.4. The van der Waals surface area contributed by atoms with E-state index in [4.69, 9.17) is 10.2 Å². The van der Waals surface area contributed by atoms with Crippen molar-refractivity contribution in [2.75, 3.05) is 6.61 Å². The fourth-order valence-corrected chi connectivity index (χ4v) is 1.33. The molecule has 0 saturated carbocycles. The van der Waals surface area contributed by atoms with Crippen LogP contribution >= 0.6 is 0 Å². The summed E-state index contributed by atoms with van der Waals surface area (Å²) in [7, 11) is 0.456. The van der Waals surface area contributed by atoms with Gasteiger partial charge in [0.2, 0.25) is 0 Å². The van der Waals surface area contributed by atoms with E-state index in [0.29, 0.717) is 9.68 Å². The van der Waals surface area contributed by atoms with Gasteiger partial charge in [-0.3, -0.25) is 4.79 Å². The van der Waals surface area contributed by atoms with Crippen molar-refractivity contribution in [2.24, 2.45) is 0 Å². The average Bonchev–Trinajstić information content (AvgIpc) is 1.97. The molecule has 11 heavy (non-hydrogen) atoms. The highest BCUT2D eigenvalue weighted by atomic mass is 28.2. The molecule has 4 nitrogen and oxygen atoms in total. The molecular weight excluding hydrogens is 162 g/mol. The monoisotopic (exact) mass is 175 g/mol. The molecule has 0 aromatic rings. The minimum absolute atomic E-state index is 0.0852. The third kappa shape index (κ3) is 4.94. The van der Waals surface area contributed by atoms with Crippen LogP contribution in [-0.4, -0.2) is 38.5 Å². The fourth-order valence-electron chi connectivity index (χ4n) is 0.612. The number of hydrogen-bond acceptors (Lipinski definition) is 3. The topological polar surface area (TPSA) is 69.6 Å². The molecule has 0 aliphatic heterocycles. The van der Waals surface area contributed by atoms with E-state index in [9.17, 15) is 4.79 Å². The lowest BCUT2D eigenvalue weighted by Gasteiger charge is -2.10. The van der Waals surface area contributed by atoms with Gasteiger partial charge < -0.3 is 15.2 Å². The summed E-state index contributed by atoms with van der Waals surface area (Å²) in [5, 5.41) is 17.0. The predicted molar refractivity (Wildman–Crippen MR) is 42.5 cm³/mol. The van der Waals surface area contributed by atoms with E-state index < -0.39 is 12.0 Å². The Kier molecular flexibility index (Phi) is 6.10. The molecule has 0 aliphatic rings. The minimum Gasteiger partial charge on any atom is -0.480 e. The molecule has 0 aromatic heterocycles. The summed E-state index contributed by atoms with van der Waals surface area (Å²) in [6, 6.07) is 0.341. The zero-order chi connectivity index (χ0) is 8.69. The van der Waals surface area contributed by atoms with Gasteiger partial charge in [0.1, 0.15) is 15.7 Å². The number of rotatable bonds is 6. The first-order valence-electron chi connectivity index (χ1n) is 3.54. The van der Waals surface area contributed by atoms with E-state index in [1.807, 2.05) is 6.92 Å². The predicted octanol–water partition coefficient (Wildman–Crippen LogP) is -0.531. The number of hydrogen-bond donors (Lipinski definition) is 3. The number of carbonyl (C=O) groups is 1. The zero-order valence-corrected chi connectivity index (χ0v) is 7.50. The maximum Gasteiger partial charge on any atom is 0.320 e. The smallest absolute Gasteiger partial charge is 0.320 e. The van der Waals surface area contributed by atoms with Crippen LogP contribution in [-0.2, 0) is 4.79 Å². The molecule has 3 N–H and O–H groups in total. The second kappa shape index (κ2) is 6.33. The largest absolute Gasteiger partial charge is 0.480 e. The van der Waals surface area contributed by atoms with Crippen molar-refractivity contribution >= 4 is 15.7 Å². The molecule has 0 heterocycles. The molecule has 1 atom stereocenters. The van der Waals surface area contributed by atoms with Crippen LogP contribution in [0.2, 0.25) is 6.04 Å². The summed E-state index contributed by atoms with van der Waals surface area (Å²) in [6.45, 7) is 1.89. The Hall–Kier alpha value is -0.393. The van der Waals surface area contributed by atoms with Gasteiger partial charge in [-0.2, -0.15) is 0 Å². The Bertz CT molecular complexity index is 120. The van der Waals surface area contributed by atoms with Crippen molar-refractivity contribution in [1.29, 1.82) is 0 Å². The van der Waals surface area contributed by atoms with Gasteiger partial charge in [0.15, 0.2) is 0 Å². The van der Waals surface area contributed by atoms with Gasteiger partial charge in [0, 0.05) is 6.61 Å². The number of carboxylic acids is 1. The number of aliphatic hydroxyl groups excluding tert-OH is 1. The highest BCUT2D eigenvalue weighted by Crippen LogP contribution is 1.90. The van der Waals surface area contributed by atoms with Gasteiger partial charge in [0.25, 0.3) is 0 Å². The Labute approximate surface area is 68.5 Å². The van der Waals surface area contributed by atoms with E-state index in [2.05, 4.69) is 4.98 Å². The van der Waals surface area contributed by atoms with Gasteiger partial charge >= 0.3 is 5.97 Å². The normalized spacial score (nSPS) is 12.9. The van der Waals surface area contributed by atoms with Gasteiger partial charge in [-0.15, -0.1) is 0 Å². The van der Waals surface area contributed by atoms with Crippen LogP contribution in [0.15, 0.2) is 0 Å². The molecule has 2 radical (unpaired) electrons. The number of aliphatic carboxylic acids is 1. The van der Waals surface area contributed by atoms with Crippen molar-refractivity contribution in [1.82, 2.24) is 4.98 Å². The van der Waals surface area contributed by atoms with E-state index in [0.717, 1.165) is 6.04 Å². The number of nitrogens with one attached hydrogen (secondary N) is 1. The van der Waals surface area contributed by atoms with Crippen LogP contribution in [0.3, 0.4) is 0 Å². The molecule has 0 aliphatic carbocycles. The lowest BCUT2D eigenvalue weighted by Crippen LogP contribution is -2.39. The quantitative estimate of drug-likeness (QED) is 0.475. The van der Waals surface area contributed by atoms with Crippen LogP contribution < -0.4 is 4.98 Å². The second-order valence-corrected chi connectivity index (χ2v) is 3.43. The Morgan fingerprint density at radius 3 is 2.73 bits per heavy atom. The minimum atomic E-state index is -0.889. The van der Waals surface area contributed by atoms with Gasteiger partial charge in [-0.25, -0.2) is 0 Å². The highest BCUT2D eigenvalue weighted by Gasteiger charge is 2.14.